The van der Waals surface area contributed by atoms with Crippen molar-refractivity contribution in [2.75, 3.05) is 0 Å². The van der Waals surface area contributed by atoms with Crippen molar-refractivity contribution in [3.05, 3.63) is 42.4 Å². The van der Waals surface area contributed by atoms with E-state index < -0.39 is 8.07 Å². The molecule has 4 nitrogen and oxygen atoms in total. The number of aromatic nitrogens is 4. The Hall–Kier alpha value is -2.40. The molecule has 0 fully saturated rings. The monoisotopic (exact) mass is 376 g/mol. The lowest BCUT2D eigenvalue weighted by atomic mass is 10.00. The first-order valence-corrected chi connectivity index (χ1v) is 13.3. The summed E-state index contributed by atoms with van der Waals surface area (Å²) >= 11 is 0. The van der Waals surface area contributed by atoms with E-state index in [9.17, 15) is 0 Å². The molecule has 0 aliphatic carbocycles. The summed E-state index contributed by atoms with van der Waals surface area (Å²) in [6.07, 6.45) is 9.54. The molecule has 0 saturated heterocycles. The van der Waals surface area contributed by atoms with E-state index in [0.29, 0.717) is 0 Å². The zero-order chi connectivity index (χ0) is 19.2. The van der Waals surface area contributed by atoms with E-state index in [0.717, 1.165) is 17.6 Å². The summed E-state index contributed by atoms with van der Waals surface area (Å²) in [5, 5.41) is 9.62. The molecule has 140 valence electrons. The highest BCUT2D eigenvalue weighted by atomic mass is 28.3. The highest BCUT2D eigenvalue weighted by molar-refractivity contribution is 6.88. The number of aromatic amines is 1. The Balaban J connectivity index is 2.01. The van der Waals surface area contributed by atoms with Gasteiger partial charge in [0.25, 0.3) is 0 Å². The van der Waals surface area contributed by atoms with Crippen LogP contribution in [0.2, 0.25) is 19.6 Å². The van der Waals surface area contributed by atoms with Gasteiger partial charge in [-0.25, -0.2) is 4.98 Å². The van der Waals surface area contributed by atoms with Crippen LogP contribution in [0.25, 0.3) is 32.9 Å². The van der Waals surface area contributed by atoms with Gasteiger partial charge in [0.2, 0.25) is 0 Å². The van der Waals surface area contributed by atoms with E-state index in [-0.39, 0.29) is 0 Å². The van der Waals surface area contributed by atoms with Crippen LogP contribution in [0.15, 0.2) is 36.8 Å². The molecular formula is C22H28N4Si. The normalized spacial score (nSPS) is 12.3. The Kier molecular flexibility index (Phi) is 4.42. The third kappa shape index (κ3) is 3.21. The summed E-state index contributed by atoms with van der Waals surface area (Å²) in [7, 11) is 0.479. The number of hydrogen-bond acceptors (Lipinski definition) is 2. The van der Waals surface area contributed by atoms with Crippen molar-refractivity contribution in [1.82, 2.24) is 19.7 Å². The zero-order valence-corrected chi connectivity index (χ0v) is 17.9. The Morgan fingerprint density at radius 3 is 2.59 bits per heavy atom. The first kappa shape index (κ1) is 18.0. The Bertz CT molecular complexity index is 1110. The average Bonchev–Trinajstić information content (AvgIpc) is 3.23. The van der Waals surface area contributed by atoms with Crippen molar-refractivity contribution in [2.45, 2.75) is 45.8 Å². The molecule has 0 aliphatic rings. The molecule has 1 aromatic carbocycles. The molecular weight excluding hydrogens is 348 g/mol. The molecule has 0 spiro atoms. The van der Waals surface area contributed by atoms with Gasteiger partial charge in [-0.15, -0.1) is 0 Å². The van der Waals surface area contributed by atoms with Crippen molar-refractivity contribution in [2.24, 2.45) is 7.05 Å². The van der Waals surface area contributed by atoms with Gasteiger partial charge in [0.1, 0.15) is 5.65 Å². The molecule has 4 aromatic rings. The van der Waals surface area contributed by atoms with Crippen LogP contribution in [-0.4, -0.2) is 27.8 Å². The third-order valence-corrected chi connectivity index (χ3v) is 7.23. The number of pyridine rings is 1. The first-order chi connectivity index (χ1) is 12.9. The summed E-state index contributed by atoms with van der Waals surface area (Å²) in [6, 6.07) is 6.67. The predicted octanol–water partition coefficient (Wildman–Crippen LogP) is 5.00. The number of nitrogens with zero attached hydrogens (tertiary/aromatic N) is 3. The van der Waals surface area contributed by atoms with Crippen LogP contribution in [0.4, 0.5) is 0 Å². The number of H-pyrrole nitrogens is 1. The maximum atomic E-state index is 4.77. The molecule has 5 heteroatoms. The summed E-state index contributed by atoms with van der Waals surface area (Å²) in [4.78, 5) is 8.47. The van der Waals surface area contributed by atoms with Gasteiger partial charge >= 0.3 is 0 Å². The Labute approximate surface area is 161 Å². The molecule has 4 rings (SSSR count). The van der Waals surface area contributed by atoms with Gasteiger partial charge in [-0.05, 0) is 35.4 Å². The lowest BCUT2D eigenvalue weighted by molar-refractivity contribution is 0.768. The zero-order valence-electron chi connectivity index (χ0n) is 16.9. The second-order valence-electron chi connectivity index (χ2n) is 8.52. The molecule has 0 atom stereocenters. The number of rotatable bonds is 5. The topological polar surface area (TPSA) is 46.5 Å². The first-order valence-electron chi connectivity index (χ1n) is 9.81. The van der Waals surface area contributed by atoms with Gasteiger partial charge in [0.05, 0.1) is 14.3 Å². The predicted molar refractivity (Wildman–Crippen MR) is 117 cm³/mol. The molecule has 0 bridgehead atoms. The van der Waals surface area contributed by atoms with Crippen LogP contribution in [0.5, 0.6) is 0 Å². The molecule has 3 aromatic heterocycles. The Morgan fingerprint density at radius 2 is 1.93 bits per heavy atom. The lowest BCUT2D eigenvalue weighted by Crippen LogP contribution is -2.40. The third-order valence-electron chi connectivity index (χ3n) is 5.31. The van der Waals surface area contributed by atoms with Gasteiger partial charge in [0.15, 0.2) is 0 Å². The molecule has 0 saturated carbocycles. The maximum absolute atomic E-state index is 4.77. The number of benzene rings is 1. The average molecular weight is 377 g/mol. The SMILES string of the molecule is CCCCc1c([Si](C)(C)C)[nH]c2ncc3ccc(-c4cnn(C)c4)cc3c12. The minimum Gasteiger partial charge on any atom is -0.347 e. The van der Waals surface area contributed by atoms with Gasteiger partial charge in [-0.1, -0.05) is 45.1 Å². The number of fused-ring (bicyclic) bond motifs is 3. The highest BCUT2D eigenvalue weighted by Gasteiger charge is 2.25. The lowest BCUT2D eigenvalue weighted by Gasteiger charge is -2.17. The summed E-state index contributed by atoms with van der Waals surface area (Å²) in [5.74, 6) is 0. The summed E-state index contributed by atoms with van der Waals surface area (Å²) in [6.45, 7) is 9.50. The van der Waals surface area contributed by atoms with Gasteiger partial charge in [0, 0.05) is 41.1 Å². The number of unbranched alkanes of at least 4 members (excludes halogenated alkanes) is 1. The van der Waals surface area contributed by atoms with Crippen LogP contribution in [-0.2, 0) is 13.5 Å². The molecule has 0 aliphatic heterocycles. The van der Waals surface area contributed by atoms with Gasteiger partial charge < -0.3 is 4.98 Å². The highest BCUT2D eigenvalue weighted by Crippen LogP contribution is 2.31. The Morgan fingerprint density at radius 1 is 1.11 bits per heavy atom. The van der Waals surface area contributed by atoms with Crippen LogP contribution in [0.3, 0.4) is 0 Å². The fourth-order valence-corrected chi connectivity index (χ4v) is 5.57. The van der Waals surface area contributed by atoms with Crippen molar-refractivity contribution < 1.29 is 0 Å². The summed E-state index contributed by atoms with van der Waals surface area (Å²) in [5.41, 5.74) is 4.89. The summed E-state index contributed by atoms with van der Waals surface area (Å²) < 4.78 is 1.86. The van der Waals surface area contributed by atoms with Crippen molar-refractivity contribution in [3.8, 4) is 11.1 Å². The van der Waals surface area contributed by atoms with E-state index in [4.69, 9.17) is 4.98 Å². The fraction of sp³-hybridized carbons (Fsp3) is 0.364. The minimum absolute atomic E-state index is 1.04. The molecule has 0 unspecified atom stereocenters. The molecule has 0 amide bonds. The second kappa shape index (κ2) is 6.64. The maximum Gasteiger partial charge on any atom is 0.138 e. The number of nitrogens with one attached hydrogen (secondary N) is 1. The molecule has 1 N–H and O–H groups in total. The second-order valence-corrected chi connectivity index (χ2v) is 13.5. The van der Waals surface area contributed by atoms with E-state index in [1.807, 2.05) is 24.1 Å². The van der Waals surface area contributed by atoms with Crippen molar-refractivity contribution in [1.29, 1.82) is 0 Å². The van der Waals surface area contributed by atoms with Gasteiger partial charge in [-0.3, -0.25) is 4.68 Å². The molecule has 0 radical (unpaired) electrons. The van der Waals surface area contributed by atoms with Crippen LogP contribution in [0, 0.1) is 0 Å². The van der Waals surface area contributed by atoms with E-state index in [1.54, 1.807) is 0 Å². The van der Waals surface area contributed by atoms with E-state index in [2.05, 4.69) is 61.0 Å². The molecule has 3 heterocycles. The largest absolute Gasteiger partial charge is 0.347 e. The number of aryl methyl sites for hydroxylation is 2. The van der Waals surface area contributed by atoms with E-state index >= 15 is 0 Å². The van der Waals surface area contributed by atoms with Crippen molar-refractivity contribution >= 4 is 35.2 Å². The number of hydrogen-bond donors (Lipinski definition) is 1. The standard InChI is InChI=1S/C22H28N4Si/c1-6-7-8-18-20-19-11-15(17-13-24-26(2)14-17)9-10-16(19)12-23-21(20)25-22(18)27(3,4)5/h9-14H,6-8H2,1-5H3,(H,23,25). The fourth-order valence-electron chi connectivity index (χ4n) is 3.92. The smallest absolute Gasteiger partial charge is 0.138 e. The minimum atomic E-state index is -1.48. The van der Waals surface area contributed by atoms with Crippen LogP contribution in [0.1, 0.15) is 25.3 Å². The van der Waals surface area contributed by atoms with E-state index in [1.165, 1.54) is 45.4 Å². The van der Waals surface area contributed by atoms with Crippen LogP contribution < -0.4 is 5.32 Å². The quantitative estimate of drug-likeness (QED) is 0.498. The molecule has 27 heavy (non-hydrogen) atoms. The van der Waals surface area contributed by atoms with Crippen molar-refractivity contribution in [3.63, 3.8) is 0 Å². The van der Waals surface area contributed by atoms with Gasteiger partial charge in [-0.2, -0.15) is 5.10 Å². The van der Waals surface area contributed by atoms with Crippen LogP contribution >= 0.6 is 0 Å².